The molecule has 1 heteroatoms. The average molecular weight is 239 g/mol. The first kappa shape index (κ1) is 12.8. The molecule has 94 valence electrons. The van der Waals surface area contributed by atoms with Crippen molar-refractivity contribution >= 4 is 10.8 Å². The van der Waals surface area contributed by atoms with E-state index in [4.69, 9.17) is 0 Å². The summed E-state index contributed by atoms with van der Waals surface area (Å²) < 4.78 is 0. The van der Waals surface area contributed by atoms with Crippen molar-refractivity contribution in [2.24, 2.45) is 0 Å². The summed E-state index contributed by atoms with van der Waals surface area (Å²) in [6.07, 6.45) is 1.00. The molecule has 1 nitrogen and oxygen atoms in total. The Morgan fingerprint density at radius 2 is 1.89 bits per heavy atom. The van der Waals surface area contributed by atoms with Crippen molar-refractivity contribution in [1.82, 2.24) is 5.32 Å². The van der Waals surface area contributed by atoms with Crippen molar-refractivity contribution in [3.8, 4) is 0 Å². The summed E-state index contributed by atoms with van der Waals surface area (Å²) in [5.74, 6) is 0. The molecule has 0 amide bonds. The van der Waals surface area contributed by atoms with Gasteiger partial charge in [-0.25, -0.2) is 0 Å². The van der Waals surface area contributed by atoms with Crippen molar-refractivity contribution in [2.75, 3.05) is 6.54 Å². The largest absolute Gasteiger partial charge is 0.310 e. The molecule has 0 heterocycles. The second-order valence-corrected chi connectivity index (χ2v) is 4.80. The Morgan fingerprint density at radius 3 is 2.61 bits per heavy atom. The van der Waals surface area contributed by atoms with Crippen LogP contribution < -0.4 is 5.32 Å². The Bertz CT molecular complexity index is 537. The lowest BCUT2D eigenvalue weighted by atomic mass is 9.96. The quantitative estimate of drug-likeness (QED) is 0.779. The summed E-state index contributed by atoms with van der Waals surface area (Å²) in [6, 6.07) is 15.5. The third kappa shape index (κ3) is 2.80. The molecule has 18 heavy (non-hydrogen) atoms. The third-order valence-corrected chi connectivity index (χ3v) is 3.35. The molecular weight excluding hydrogens is 218 g/mol. The molecule has 1 atom stereocenters. The van der Waals surface area contributed by atoms with Crippen molar-refractivity contribution < 1.29 is 0 Å². The maximum absolute atomic E-state index is 4.09. The first-order chi connectivity index (χ1) is 8.72. The number of fused-ring (bicyclic) bond motifs is 1. The van der Waals surface area contributed by atoms with Crippen LogP contribution in [0.1, 0.15) is 19.4 Å². The van der Waals surface area contributed by atoms with Crippen LogP contribution in [0.2, 0.25) is 0 Å². The van der Waals surface area contributed by atoms with E-state index in [0.29, 0.717) is 6.04 Å². The molecule has 0 radical (unpaired) electrons. The smallest absolute Gasteiger partial charge is 0.0314 e. The lowest BCUT2D eigenvalue weighted by Crippen LogP contribution is -2.31. The van der Waals surface area contributed by atoms with Gasteiger partial charge in [0.15, 0.2) is 0 Å². The summed E-state index contributed by atoms with van der Waals surface area (Å²) in [6.45, 7) is 9.30. The SMILES string of the molecule is C=C(C)C(Cc1cccc2ccccc12)NCC. The van der Waals surface area contributed by atoms with E-state index in [1.807, 2.05) is 0 Å². The van der Waals surface area contributed by atoms with Crippen LogP contribution in [0.4, 0.5) is 0 Å². The van der Waals surface area contributed by atoms with Gasteiger partial charge in [0, 0.05) is 6.04 Å². The normalized spacial score (nSPS) is 12.6. The molecule has 0 aliphatic carbocycles. The van der Waals surface area contributed by atoms with Gasteiger partial charge in [-0.15, -0.1) is 0 Å². The van der Waals surface area contributed by atoms with Crippen molar-refractivity contribution in [3.63, 3.8) is 0 Å². The van der Waals surface area contributed by atoms with Crippen molar-refractivity contribution in [2.45, 2.75) is 26.3 Å². The molecular formula is C17H21N. The van der Waals surface area contributed by atoms with E-state index in [9.17, 15) is 0 Å². The molecule has 0 fully saturated rings. The number of nitrogens with one attached hydrogen (secondary N) is 1. The summed E-state index contributed by atoms with van der Waals surface area (Å²) >= 11 is 0. The highest BCUT2D eigenvalue weighted by Crippen LogP contribution is 2.20. The Hall–Kier alpha value is -1.60. The van der Waals surface area contributed by atoms with Crippen LogP contribution in [-0.4, -0.2) is 12.6 Å². The van der Waals surface area contributed by atoms with Gasteiger partial charge in [-0.05, 0) is 36.2 Å². The highest BCUT2D eigenvalue weighted by molar-refractivity contribution is 5.85. The molecule has 2 aromatic rings. The first-order valence-corrected chi connectivity index (χ1v) is 6.57. The van der Waals surface area contributed by atoms with Gasteiger partial charge in [-0.2, -0.15) is 0 Å². The van der Waals surface area contributed by atoms with E-state index < -0.39 is 0 Å². The molecule has 0 aromatic heterocycles. The molecule has 0 aliphatic rings. The van der Waals surface area contributed by atoms with E-state index in [1.165, 1.54) is 21.9 Å². The Morgan fingerprint density at radius 1 is 1.17 bits per heavy atom. The number of hydrogen-bond acceptors (Lipinski definition) is 1. The first-order valence-electron chi connectivity index (χ1n) is 6.57. The minimum atomic E-state index is 0.362. The lowest BCUT2D eigenvalue weighted by Gasteiger charge is -2.19. The van der Waals surface area contributed by atoms with Crippen molar-refractivity contribution in [3.05, 3.63) is 60.2 Å². The molecule has 1 N–H and O–H groups in total. The molecule has 0 saturated heterocycles. The maximum atomic E-state index is 4.09. The zero-order valence-electron chi connectivity index (χ0n) is 11.2. The average Bonchev–Trinajstić information content (AvgIpc) is 2.38. The van der Waals surface area contributed by atoms with Crippen LogP contribution >= 0.6 is 0 Å². The number of hydrogen-bond donors (Lipinski definition) is 1. The molecule has 2 rings (SSSR count). The van der Waals surface area contributed by atoms with Gasteiger partial charge in [0.05, 0.1) is 0 Å². The van der Waals surface area contributed by atoms with Gasteiger partial charge >= 0.3 is 0 Å². The minimum absolute atomic E-state index is 0.362. The molecule has 0 saturated carbocycles. The van der Waals surface area contributed by atoms with Gasteiger partial charge < -0.3 is 5.32 Å². The van der Waals surface area contributed by atoms with Crippen LogP contribution in [0.5, 0.6) is 0 Å². The van der Waals surface area contributed by atoms with Gasteiger partial charge in [0.2, 0.25) is 0 Å². The van der Waals surface area contributed by atoms with E-state index in [0.717, 1.165) is 13.0 Å². The van der Waals surface area contributed by atoms with Crippen LogP contribution in [0, 0.1) is 0 Å². The lowest BCUT2D eigenvalue weighted by molar-refractivity contribution is 0.589. The highest BCUT2D eigenvalue weighted by atomic mass is 14.9. The van der Waals surface area contributed by atoms with Crippen molar-refractivity contribution in [1.29, 1.82) is 0 Å². The van der Waals surface area contributed by atoms with Gasteiger partial charge in [0.1, 0.15) is 0 Å². The fraction of sp³-hybridized carbons (Fsp3) is 0.294. The minimum Gasteiger partial charge on any atom is -0.310 e. The predicted molar refractivity (Wildman–Crippen MR) is 79.9 cm³/mol. The molecule has 0 aliphatic heterocycles. The van der Waals surface area contributed by atoms with Gasteiger partial charge in [0.25, 0.3) is 0 Å². The number of likely N-dealkylation sites (N-methyl/N-ethyl adjacent to an activating group) is 1. The standard InChI is InChI=1S/C17H21N/c1-4-18-17(13(2)3)12-15-10-7-9-14-8-5-6-11-16(14)15/h5-11,17-18H,2,4,12H2,1,3H3. The second-order valence-electron chi connectivity index (χ2n) is 4.80. The van der Waals surface area contributed by atoms with Gasteiger partial charge in [-0.3, -0.25) is 0 Å². The van der Waals surface area contributed by atoms with Crippen LogP contribution in [0.3, 0.4) is 0 Å². The third-order valence-electron chi connectivity index (χ3n) is 3.35. The number of benzene rings is 2. The fourth-order valence-electron chi connectivity index (χ4n) is 2.36. The summed E-state index contributed by atoms with van der Waals surface area (Å²) in [4.78, 5) is 0. The monoisotopic (exact) mass is 239 g/mol. The number of rotatable bonds is 5. The van der Waals surface area contributed by atoms with E-state index in [2.05, 4.69) is 68.2 Å². The van der Waals surface area contributed by atoms with Crippen LogP contribution in [0.15, 0.2) is 54.6 Å². The molecule has 0 bridgehead atoms. The molecule has 2 aromatic carbocycles. The Labute approximate surface area is 110 Å². The predicted octanol–water partition coefficient (Wildman–Crippen LogP) is 3.94. The Balaban J connectivity index is 2.33. The van der Waals surface area contributed by atoms with E-state index in [1.54, 1.807) is 0 Å². The topological polar surface area (TPSA) is 12.0 Å². The fourth-order valence-corrected chi connectivity index (χ4v) is 2.36. The zero-order valence-corrected chi connectivity index (χ0v) is 11.2. The van der Waals surface area contributed by atoms with Crippen LogP contribution in [0.25, 0.3) is 10.8 Å². The highest BCUT2D eigenvalue weighted by Gasteiger charge is 2.10. The van der Waals surface area contributed by atoms with E-state index in [-0.39, 0.29) is 0 Å². The Kier molecular flexibility index (Phi) is 4.16. The molecule has 1 unspecified atom stereocenters. The summed E-state index contributed by atoms with van der Waals surface area (Å²) in [5, 5.41) is 6.16. The zero-order chi connectivity index (χ0) is 13.0. The maximum Gasteiger partial charge on any atom is 0.0314 e. The summed E-state index contributed by atoms with van der Waals surface area (Å²) in [5.41, 5.74) is 2.59. The summed E-state index contributed by atoms with van der Waals surface area (Å²) in [7, 11) is 0. The molecule has 0 spiro atoms. The van der Waals surface area contributed by atoms with E-state index >= 15 is 0 Å². The van der Waals surface area contributed by atoms with Gasteiger partial charge in [-0.1, -0.05) is 61.5 Å². The second kappa shape index (κ2) is 5.83. The van der Waals surface area contributed by atoms with Crippen LogP contribution in [-0.2, 0) is 6.42 Å².